The third-order valence-corrected chi connectivity index (χ3v) is 3.75. The first-order chi connectivity index (χ1) is 10.7. The van der Waals surface area contributed by atoms with Crippen molar-refractivity contribution in [1.82, 2.24) is 5.32 Å². The fraction of sp³-hybridized carbons (Fsp3) is 0.316. The Hall–Kier alpha value is -2.13. The highest BCUT2D eigenvalue weighted by Crippen LogP contribution is 2.19. The summed E-state index contributed by atoms with van der Waals surface area (Å²) in [5, 5.41) is 3.12. The van der Waals surface area contributed by atoms with E-state index in [2.05, 4.69) is 24.4 Å². The SMILES string of the molecule is CCCC(NC(=O)CC(N)c1ccccc1)c1ccccc1. The molecule has 3 N–H and O–H groups in total. The zero-order chi connectivity index (χ0) is 15.8. The number of carbonyl (C=O) groups is 1. The summed E-state index contributed by atoms with van der Waals surface area (Å²) in [6.07, 6.45) is 2.25. The number of rotatable bonds is 7. The number of hydrogen-bond donors (Lipinski definition) is 2. The van der Waals surface area contributed by atoms with Gasteiger partial charge in [0.25, 0.3) is 0 Å². The summed E-state index contributed by atoms with van der Waals surface area (Å²) in [7, 11) is 0. The average Bonchev–Trinajstić information content (AvgIpc) is 2.56. The van der Waals surface area contributed by atoms with Crippen molar-refractivity contribution in [3.8, 4) is 0 Å². The lowest BCUT2D eigenvalue weighted by molar-refractivity contribution is -0.122. The van der Waals surface area contributed by atoms with Crippen LogP contribution in [0.1, 0.15) is 49.4 Å². The molecule has 2 aromatic rings. The Morgan fingerprint density at radius 2 is 1.55 bits per heavy atom. The molecule has 0 aliphatic rings. The second kappa shape index (κ2) is 8.35. The molecular formula is C19H24N2O. The van der Waals surface area contributed by atoms with Crippen LogP contribution in [0.25, 0.3) is 0 Å². The topological polar surface area (TPSA) is 55.1 Å². The lowest BCUT2D eigenvalue weighted by atomic mass is 10.0. The summed E-state index contributed by atoms with van der Waals surface area (Å²) in [5.74, 6) is -0.00124. The molecule has 0 heterocycles. The van der Waals surface area contributed by atoms with Gasteiger partial charge in [0, 0.05) is 12.5 Å². The first-order valence-electron chi connectivity index (χ1n) is 7.85. The molecule has 0 saturated heterocycles. The van der Waals surface area contributed by atoms with Gasteiger partial charge in [-0.15, -0.1) is 0 Å². The number of amides is 1. The van der Waals surface area contributed by atoms with Crippen LogP contribution in [0.3, 0.4) is 0 Å². The van der Waals surface area contributed by atoms with Gasteiger partial charge in [-0.2, -0.15) is 0 Å². The summed E-state index contributed by atoms with van der Waals surface area (Å²) in [6, 6.07) is 19.6. The van der Waals surface area contributed by atoms with E-state index in [1.165, 1.54) is 0 Å². The maximum absolute atomic E-state index is 12.3. The molecule has 0 bridgehead atoms. The number of hydrogen-bond acceptors (Lipinski definition) is 2. The molecule has 0 aromatic heterocycles. The predicted octanol–water partition coefficient (Wildman–Crippen LogP) is 3.73. The molecule has 116 valence electrons. The minimum absolute atomic E-state index is 0.00124. The Morgan fingerprint density at radius 3 is 2.09 bits per heavy atom. The first kappa shape index (κ1) is 16.2. The third kappa shape index (κ3) is 4.71. The van der Waals surface area contributed by atoms with Crippen molar-refractivity contribution in [3.63, 3.8) is 0 Å². The van der Waals surface area contributed by atoms with Crippen molar-refractivity contribution in [2.75, 3.05) is 0 Å². The summed E-state index contributed by atoms with van der Waals surface area (Å²) < 4.78 is 0. The molecular weight excluding hydrogens is 272 g/mol. The highest BCUT2D eigenvalue weighted by atomic mass is 16.1. The van der Waals surface area contributed by atoms with Crippen molar-refractivity contribution in [3.05, 3.63) is 71.8 Å². The van der Waals surface area contributed by atoms with E-state index in [9.17, 15) is 4.79 Å². The van der Waals surface area contributed by atoms with Crippen LogP contribution in [0.5, 0.6) is 0 Å². The van der Waals surface area contributed by atoms with E-state index < -0.39 is 0 Å². The Bertz CT molecular complexity index is 569. The fourth-order valence-electron chi connectivity index (χ4n) is 2.57. The minimum Gasteiger partial charge on any atom is -0.349 e. The average molecular weight is 296 g/mol. The number of nitrogens with one attached hydrogen (secondary N) is 1. The van der Waals surface area contributed by atoms with Gasteiger partial charge in [0.2, 0.25) is 5.91 Å². The zero-order valence-corrected chi connectivity index (χ0v) is 13.0. The smallest absolute Gasteiger partial charge is 0.222 e. The van der Waals surface area contributed by atoms with Crippen molar-refractivity contribution in [2.24, 2.45) is 5.73 Å². The Kier molecular flexibility index (Phi) is 6.16. The van der Waals surface area contributed by atoms with Gasteiger partial charge in [0.1, 0.15) is 0 Å². The van der Waals surface area contributed by atoms with Gasteiger partial charge in [-0.3, -0.25) is 4.79 Å². The van der Waals surface area contributed by atoms with E-state index in [1.54, 1.807) is 0 Å². The van der Waals surface area contributed by atoms with Crippen molar-refractivity contribution < 1.29 is 4.79 Å². The number of carbonyl (C=O) groups excluding carboxylic acids is 1. The van der Waals surface area contributed by atoms with Crippen LogP contribution in [0, 0.1) is 0 Å². The van der Waals surface area contributed by atoms with Gasteiger partial charge in [0.15, 0.2) is 0 Å². The summed E-state index contributed by atoms with van der Waals surface area (Å²) in [5.41, 5.74) is 8.26. The van der Waals surface area contributed by atoms with E-state index in [0.29, 0.717) is 6.42 Å². The number of nitrogens with two attached hydrogens (primary N) is 1. The fourth-order valence-corrected chi connectivity index (χ4v) is 2.57. The normalized spacial score (nSPS) is 13.4. The van der Waals surface area contributed by atoms with Crippen molar-refractivity contribution in [2.45, 2.75) is 38.3 Å². The van der Waals surface area contributed by atoms with Crippen LogP contribution in [0.15, 0.2) is 60.7 Å². The molecule has 22 heavy (non-hydrogen) atoms. The van der Waals surface area contributed by atoms with Gasteiger partial charge >= 0.3 is 0 Å². The minimum atomic E-state index is -0.265. The maximum Gasteiger partial charge on any atom is 0.222 e. The molecule has 0 saturated carbocycles. The van der Waals surface area contributed by atoms with Crippen LogP contribution in [0.4, 0.5) is 0 Å². The molecule has 0 aliphatic carbocycles. The Labute approximate surface area is 132 Å². The van der Waals surface area contributed by atoms with Gasteiger partial charge in [-0.05, 0) is 17.5 Å². The zero-order valence-electron chi connectivity index (χ0n) is 13.0. The molecule has 2 rings (SSSR count). The molecule has 3 nitrogen and oxygen atoms in total. The highest BCUT2D eigenvalue weighted by molar-refractivity contribution is 5.77. The highest BCUT2D eigenvalue weighted by Gasteiger charge is 2.16. The van der Waals surface area contributed by atoms with Crippen molar-refractivity contribution in [1.29, 1.82) is 0 Å². The monoisotopic (exact) mass is 296 g/mol. The van der Waals surface area contributed by atoms with Crippen LogP contribution in [-0.4, -0.2) is 5.91 Å². The van der Waals surface area contributed by atoms with Crippen LogP contribution < -0.4 is 11.1 Å². The summed E-state index contributed by atoms with van der Waals surface area (Å²) in [4.78, 5) is 12.3. The lowest BCUT2D eigenvalue weighted by Gasteiger charge is -2.20. The third-order valence-electron chi connectivity index (χ3n) is 3.75. The largest absolute Gasteiger partial charge is 0.349 e. The molecule has 2 atom stereocenters. The molecule has 2 aromatic carbocycles. The van der Waals surface area contributed by atoms with Gasteiger partial charge in [-0.25, -0.2) is 0 Å². The van der Waals surface area contributed by atoms with Crippen LogP contribution in [0.2, 0.25) is 0 Å². The molecule has 2 unspecified atom stereocenters. The second-order valence-electron chi connectivity index (χ2n) is 5.54. The maximum atomic E-state index is 12.3. The first-order valence-corrected chi connectivity index (χ1v) is 7.85. The molecule has 0 radical (unpaired) electrons. The van der Waals surface area contributed by atoms with Crippen molar-refractivity contribution >= 4 is 5.91 Å². The van der Waals surface area contributed by atoms with E-state index in [-0.39, 0.29) is 18.0 Å². The van der Waals surface area contributed by atoms with Crippen LogP contribution >= 0.6 is 0 Å². The molecule has 1 amide bonds. The molecule has 0 aliphatic heterocycles. The van der Waals surface area contributed by atoms with E-state index in [4.69, 9.17) is 5.73 Å². The standard InChI is InChI=1S/C19H24N2O/c1-2-9-18(16-12-7-4-8-13-16)21-19(22)14-17(20)15-10-5-3-6-11-15/h3-8,10-13,17-18H,2,9,14,20H2,1H3,(H,21,22). The Morgan fingerprint density at radius 1 is 1.00 bits per heavy atom. The quantitative estimate of drug-likeness (QED) is 0.818. The molecule has 3 heteroatoms. The van der Waals surface area contributed by atoms with E-state index >= 15 is 0 Å². The van der Waals surface area contributed by atoms with Gasteiger partial charge in [0.05, 0.1) is 6.04 Å². The number of benzene rings is 2. The summed E-state index contributed by atoms with van der Waals surface area (Å²) in [6.45, 7) is 2.12. The lowest BCUT2D eigenvalue weighted by Crippen LogP contribution is -2.31. The molecule has 0 fully saturated rings. The van der Waals surface area contributed by atoms with Gasteiger partial charge in [-0.1, -0.05) is 74.0 Å². The van der Waals surface area contributed by atoms with Gasteiger partial charge < -0.3 is 11.1 Å². The second-order valence-corrected chi connectivity index (χ2v) is 5.54. The van der Waals surface area contributed by atoms with E-state index in [1.807, 2.05) is 48.5 Å². The van der Waals surface area contributed by atoms with E-state index in [0.717, 1.165) is 24.0 Å². The predicted molar refractivity (Wildman–Crippen MR) is 90.2 cm³/mol. The molecule has 0 spiro atoms. The van der Waals surface area contributed by atoms with Crippen LogP contribution in [-0.2, 0) is 4.79 Å². The summed E-state index contributed by atoms with van der Waals surface area (Å²) >= 11 is 0. The Balaban J connectivity index is 1.97.